The van der Waals surface area contributed by atoms with Crippen molar-refractivity contribution >= 4 is 5.97 Å². The molecule has 6 rings (SSSR count). The van der Waals surface area contributed by atoms with E-state index in [2.05, 4.69) is 79.7 Å². The molecule has 0 saturated carbocycles. The van der Waals surface area contributed by atoms with E-state index >= 15 is 0 Å². The second kappa shape index (κ2) is 7.16. The number of esters is 1. The first-order valence-electron chi connectivity index (χ1n) is 11.9. The van der Waals surface area contributed by atoms with Gasteiger partial charge >= 0.3 is 5.97 Å². The topological polar surface area (TPSA) is 35.5 Å². The Balaban J connectivity index is 1.74. The van der Waals surface area contributed by atoms with Gasteiger partial charge in [0.2, 0.25) is 0 Å². The molecule has 3 nitrogen and oxygen atoms in total. The van der Waals surface area contributed by atoms with Gasteiger partial charge in [-0.3, -0.25) is 4.79 Å². The van der Waals surface area contributed by atoms with Crippen molar-refractivity contribution in [3.63, 3.8) is 0 Å². The largest absolute Gasteiger partial charge is 0.465 e. The van der Waals surface area contributed by atoms with Crippen LogP contribution in [0.1, 0.15) is 55.4 Å². The van der Waals surface area contributed by atoms with Crippen molar-refractivity contribution in [2.45, 2.75) is 44.3 Å². The molecular formula is C30H28O3. The zero-order valence-electron chi connectivity index (χ0n) is 19.1. The third kappa shape index (κ3) is 2.46. The third-order valence-corrected chi connectivity index (χ3v) is 7.81. The Bertz CT molecular complexity index is 1260. The standard InChI is InChI=1S/C30H28O3/c1-3-32-27(31)28(2)20-12-19-25-26(28)30(22-15-8-5-9-16-22)24-18-11-10-17-23(24)29(25,33-30)21-13-6-4-7-14-21/h4-11,13-18H,3,12,19-20H2,1-2H3. The van der Waals surface area contributed by atoms with Crippen LogP contribution in [0.25, 0.3) is 0 Å². The van der Waals surface area contributed by atoms with Gasteiger partial charge in [-0.25, -0.2) is 0 Å². The van der Waals surface area contributed by atoms with Crippen LogP contribution >= 0.6 is 0 Å². The van der Waals surface area contributed by atoms with Crippen LogP contribution in [0.5, 0.6) is 0 Å². The molecule has 2 aliphatic heterocycles. The third-order valence-electron chi connectivity index (χ3n) is 7.81. The molecule has 2 heterocycles. The number of benzene rings is 3. The van der Waals surface area contributed by atoms with E-state index in [1.165, 1.54) is 11.1 Å². The lowest BCUT2D eigenvalue weighted by atomic mass is 9.57. The maximum atomic E-state index is 13.6. The number of fused-ring (bicyclic) bond motifs is 7. The van der Waals surface area contributed by atoms with Gasteiger partial charge < -0.3 is 9.47 Å². The van der Waals surface area contributed by atoms with Gasteiger partial charge in [0, 0.05) is 0 Å². The van der Waals surface area contributed by atoms with Gasteiger partial charge in [-0.05, 0) is 66.5 Å². The summed E-state index contributed by atoms with van der Waals surface area (Å²) in [5.41, 5.74) is 4.58. The van der Waals surface area contributed by atoms with E-state index in [4.69, 9.17) is 9.47 Å². The van der Waals surface area contributed by atoms with Crippen LogP contribution in [0.4, 0.5) is 0 Å². The summed E-state index contributed by atoms with van der Waals surface area (Å²) in [4.78, 5) is 13.6. The summed E-state index contributed by atoms with van der Waals surface area (Å²) in [5, 5.41) is 0. The number of hydrogen-bond acceptors (Lipinski definition) is 3. The van der Waals surface area contributed by atoms with Crippen LogP contribution in [-0.4, -0.2) is 12.6 Å². The van der Waals surface area contributed by atoms with Crippen molar-refractivity contribution in [3.05, 3.63) is 118 Å². The van der Waals surface area contributed by atoms with Crippen LogP contribution in [0.3, 0.4) is 0 Å². The van der Waals surface area contributed by atoms with E-state index in [1.54, 1.807) is 0 Å². The summed E-state index contributed by atoms with van der Waals surface area (Å²) in [6.45, 7) is 4.32. The Morgan fingerprint density at radius 1 is 0.848 bits per heavy atom. The summed E-state index contributed by atoms with van der Waals surface area (Å²) in [6.07, 6.45) is 2.59. The summed E-state index contributed by atoms with van der Waals surface area (Å²) in [7, 11) is 0. The highest BCUT2D eigenvalue weighted by Crippen LogP contribution is 2.71. The normalized spacial score (nSPS) is 29.5. The second-order valence-electron chi connectivity index (χ2n) is 9.50. The highest BCUT2D eigenvalue weighted by Gasteiger charge is 2.69. The molecule has 3 atom stereocenters. The first-order chi connectivity index (χ1) is 16.1. The maximum absolute atomic E-state index is 13.6. The molecule has 3 aliphatic rings. The number of rotatable bonds is 4. The number of carbonyl (C=O) groups excluding carboxylic acids is 1. The summed E-state index contributed by atoms with van der Waals surface area (Å²) in [5.74, 6) is -0.149. The Morgan fingerprint density at radius 3 is 2.00 bits per heavy atom. The van der Waals surface area contributed by atoms with Gasteiger partial charge in [-0.15, -0.1) is 0 Å². The average Bonchev–Trinajstić information content (AvgIpc) is 3.36. The quantitative estimate of drug-likeness (QED) is 0.357. The minimum absolute atomic E-state index is 0.149. The molecule has 3 heteroatoms. The van der Waals surface area contributed by atoms with Gasteiger partial charge in [0.15, 0.2) is 0 Å². The van der Waals surface area contributed by atoms with E-state index < -0.39 is 16.6 Å². The monoisotopic (exact) mass is 436 g/mol. The van der Waals surface area contributed by atoms with Crippen LogP contribution < -0.4 is 0 Å². The molecule has 0 saturated heterocycles. The molecule has 3 aromatic carbocycles. The lowest BCUT2D eigenvalue weighted by Gasteiger charge is -2.43. The zero-order chi connectivity index (χ0) is 22.7. The lowest BCUT2D eigenvalue weighted by Crippen LogP contribution is -2.44. The molecule has 0 N–H and O–H groups in total. The SMILES string of the molecule is CCOC(=O)C1(C)CCCC2=C1C1(c3ccccc3)OC2(c2ccccc2)c2ccccc21. The zero-order valence-corrected chi connectivity index (χ0v) is 19.1. The first-order valence-corrected chi connectivity index (χ1v) is 11.9. The van der Waals surface area contributed by atoms with Gasteiger partial charge in [0.05, 0.1) is 12.0 Å². The van der Waals surface area contributed by atoms with Crippen molar-refractivity contribution in [3.8, 4) is 0 Å². The molecule has 2 bridgehead atoms. The molecule has 166 valence electrons. The van der Waals surface area contributed by atoms with Crippen molar-refractivity contribution < 1.29 is 14.3 Å². The van der Waals surface area contributed by atoms with Gasteiger partial charge in [0.1, 0.15) is 11.2 Å². The molecule has 0 spiro atoms. The highest BCUT2D eigenvalue weighted by molar-refractivity contribution is 5.85. The van der Waals surface area contributed by atoms with Crippen molar-refractivity contribution in [1.82, 2.24) is 0 Å². The van der Waals surface area contributed by atoms with Crippen LogP contribution in [0.15, 0.2) is 96.1 Å². The summed E-state index contributed by atoms with van der Waals surface area (Å²) < 4.78 is 13.1. The fraction of sp³-hybridized carbons (Fsp3) is 0.300. The molecule has 0 fully saturated rings. The Labute approximate surface area is 195 Å². The summed E-state index contributed by atoms with van der Waals surface area (Å²) >= 11 is 0. The second-order valence-corrected chi connectivity index (χ2v) is 9.50. The van der Waals surface area contributed by atoms with E-state index in [1.807, 2.05) is 19.1 Å². The molecule has 0 aromatic heterocycles. The molecule has 0 radical (unpaired) electrons. The smallest absolute Gasteiger partial charge is 0.316 e. The van der Waals surface area contributed by atoms with Crippen LogP contribution in [-0.2, 0) is 25.5 Å². The van der Waals surface area contributed by atoms with Gasteiger partial charge in [0.25, 0.3) is 0 Å². The van der Waals surface area contributed by atoms with Crippen LogP contribution in [0, 0.1) is 5.41 Å². The molecule has 0 amide bonds. The molecule has 3 unspecified atom stereocenters. The minimum atomic E-state index is -0.815. The van der Waals surface area contributed by atoms with E-state index in [9.17, 15) is 4.79 Å². The molecule has 3 aromatic rings. The predicted octanol–water partition coefficient (Wildman–Crippen LogP) is 6.27. The number of hydrogen-bond donors (Lipinski definition) is 0. The molecule has 33 heavy (non-hydrogen) atoms. The highest BCUT2D eigenvalue weighted by atomic mass is 16.5. The van der Waals surface area contributed by atoms with Crippen LogP contribution in [0.2, 0.25) is 0 Å². The fourth-order valence-electron chi connectivity index (χ4n) is 6.59. The van der Waals surface area contributed by atoms with Gasteiger partial charge in [-0.2, -0.15) is 0 Å². The first kappa shape index (κ1) is 20.4. The Hall–Kier alpha value is -3.17. The van der Waals surface area contributed by atoms with E-state index in [0.29, 0.717) is 6.61 Å². The minimum Gasteiger partial charge on any atom is -0.465 e. The average molecular weight is 437 g/mol. The lowest BCUT2D eigenvalue weighted by molar-refractivity contribution is -0.154. The Morgan fingerprint density at radius 2 is 1.39 bits per heavy atom. The molecule has 1 aliphatic carbocycles. The maximum Gasteiger partial charge on any atom is 0.316 e. The van der Waals surface area contributed by atoms with Gasteiger partial charge in [-0.1, -0.05) is 84.9 Å². The fourth-order valence-corrected chi connectivity index (χ4v) is 6.59. The molecular weight excluding hydrogens is 408 g/mol. The predicted molar refractivity (Wildman–Crippen MR) is 128 cm³/mol. The summed E-state index contributed by atoms with van der Waals surface area (Å²) in [6, 6.07) is 29.5. The van der Waals surface area contributed by atoms with Crippen molar-refractivity contribution in [2.75, 3.05) is 6.61 Å². The van der Waals surface area contributed by atoms with Crippen molar-refractivity contribution in [2.24, 2.45) is 5.41 Å². The number of ether oxygens (including phenoxy) is 2. The number of carbonyl (C=O) groups is 1. The van der Waals surface area contributed by atoms with E-state index in [0.717, 1.165) is 41.5 Å². The Kier molecular flexibility index (Phi) is 4.44. The van der Waals surface area contributed by atoms with Crippen molar-refractivity contribution in [1.29, 1.82) is 0 Å². The van der Waals surface area contributed by atoms with E-state index in [-0.39, 0.29) is 5.97 Å².